The van der Waals surface area contributed by atoms with Gasteiger partial charge in [-0.2, -0.15) is 13.2 Å². The third kappa shape index (κ3) is 2.14. The van der Waals surface area contributed by atoms with Crippen molar-refractivity contribution in [2.45, 2.75) is 6.18 Å². The number of aromatic nitrogens is 1. The third-order valence-corrected chi connectivity index (χ3v) is 2.36. The molecule has 0 amide bonds. The highest BCUT2D eigenvalue weighted by Gasteiger charge is 2.37. The summed E-state index contributed by atoms with van der Waals surface area (Å²) in [6.07, 6.45) is -3.40. The van der Waals surface area contributed by atoms with Gasteiger partial charge in [-0.25, -0.2) is 4.98 Å². The van der Waals surface area contributed by atoms with Gasteiger partial charge in [-0.1, -0.05) is 0 Å². The van der Waals surface area contributed by atoms with Crippen molar-refractivity contribution in [2.24, 2.45) is 0 Å². The molecule has 0 aromatic carbocycles. The van der Waals surface area contributed by atoms with Gasteiger partial charge in [0.1, 0.15) is 11.5 Å². The standard InChI is InChI=1S/C7H5F3IN3/c8-7(9,10)5(12)4-3(11)1-2-14-6(4)13/h1-2,12H,(H2,13,14). The minimum absolute atomic E-state index is 0.262. The molecule has 0 aliphatic rings. The third-order valence-electron chi connectivity index (χ3n) is 1.46. The Hall–Kier alpha value is -0.860. The van der Waals surface area contributed by atoms with Crippen molar-refractivity contribution in [1.29, 1.82) is 5.41 Å². The van der Waals surface area contributed by atoms with E-state index in [1.807, 2.05) is 0 Å². The smallest absolute Gasteiger partial charge is 0.383 e. The van der Waals surface area contributed by atoms with Crippen LogP contribution in [0.3, 0.4) is 0 Å². The Balaban J connectivity index is 3.26. The van der Waals surface area contributed by atoms with E-state index in [0.29, 0.717) is 0 Å². The van der Waals surface area contributed by atoms with Gasteiger partial charge in [0, 0.05) is 9.77 Å². The predicted octanol–water partition coefficient (Wildman–Crippen LogP) is 2.20. The Morgan fingerprint density at radius 3 is 2.50 bits per heavy atom. The minimum atomic E-state index is -4.70. The molecule has 14 heavy (non-hydrogen) atoms. The minimum Gasteiger partial charge on any atom is -0.383 e. The first-order valence-corrected chi connectivity index (χ1v) is 4.48. The summed E-state index contributed by atoms with van der Waals surface area (Å²) in [6, 6.07) is 1.37. The van der Waals surface area contributed by atoms with Gasteiger partial charge in [0.15, 0.2) is 0 Å². The first-order valence-electron chi connectivity index (χ1n) is 3.40. The van der Waals surface area contributed by atoms with Gasteiger partial charge in [0.25, 0.3) is 0 Å². The number of anilines is 1. The largest absolute Gasteiger partial charge is 0.433 e. The normalized spacial score (nSPS) is 11.4. The fraction of sp³-hybridized carbons (Fsp3) is 0.143. The first-order chi connectivity index (χ1) is 6.34. The fourth-order valence-corrected chi connectivity index (χ4v) is 1.55. The highest BCUT2D eigenvalue weighted by Crippen LogP contribution is 2.26. The van der Waals surface area contributed by atoms with Crippen molar-refractivity contribution in [3.05, 3.63) is 21.4 Å². The Bertz CT molecular complexity index is 355. The molecule has 1 aromatic heterocycles. The molecule has 1 aromatic rings. The number of nitrogens with zero attached hydrogens (tertiary/aromatic N) is 1. The van der Waals surface area contributed by atoms with Gasteiger partial charge in [-0.15, -0.1) is 0 Å². The van der Waals surface area contributed by atoms with Gasteiger partial charge in [-0.3, -0.25) is 5.41 Å². The maximum atomic E-state index is 12.2. The lowest BCUT2D eigenvalue weighted by Gasteiger charge is -2.11. The maximum absolute atomic E-state index is 12.2. The Labute approximate surface area is 91.2 Å². The molecule has 0 saturated heterocycles. The van der Waals surface area contributed by atoms with E-state index < -0.39 is 11.9 Å². The molecule has 1 rings (SSSR count). The Kier molecular flexibility index (Phi) is 2.98. The van der Waals surface area contributed by atoms with Crippen LogP contribution in [0.4, 0.5) is 19.0 Å². The zero-order valence-electron chi connectivity index (χ0n) is 6.69. The molecule has 0 saturated carbocycles. The van der Waals surface area contributed by atoms with E-state index in [2.05, 4.69) is 4.98 Å². The molecule has 0 spiro atoms. The highest BCUT2D eigenvalue weighted by atomic mass is 127. The van der Waals surface area contributed by atoms with Gasteiger partial charge in [0.2, 0.25) is 0 Å². The Morgan fingerprint density at radius 1 is 1.50 bits per heavy atom. The van der Waals surface area contributed by atoms with Crippen LogP contribution in [0.15, 0.2) is 12.3 Å². The van der Waals surface area contributed by atoms with E-state index in [1.54, 1.807) is 22.6 Å². The van der Waals surface area contributed by atoms with Crippen LogP contribution in [0.25, 0.3) is 0 Å². The van der Waals surface area contributed by atoms with E-state index in [1.165, 1.54) is 12.3 Å². The number of rotatable bonds is 1. The number of halogens is 4. The summed E-state index contributed by atoms with van der Waals surface area (Å²) < 4.78 is 36.8. The van der Waals surface area contributed by atoms with E-state index in [4.69, 9.17) is 11.1 Å². The van der Waals surface area contributed by atoms with Crippen LogP contribution in [0.1, 0.15) is 5.56 Å². The summed E-state index contributed by atoms with van der Waals surface area (Å²) in [5, 5.41) is 6.91. The first kappa shape index (κ1) is 11.2. The molecule has 7 heteroatoms. The molecule has 3 N–H and O–H groups in total. The van der Waals surface area contributed by atoms with Crippen LogP contribution in [-0.2, 0) is 0 Å². The van der Waals surface area contributed by atoms with E-state index >= 15 is 0 Å². The lowest BCUT2D eigenvalue weighted by Crippen LogP contribution is -2.25. The predicted molar refractivity (Wildman–Crippen MR) is 54.3 cm³/mol. The fourth-order valence-electron chi connectivity index (χ4n) is 0.842. The van der Waals surface area contributed by atoms with Gasteiger partial charge >= 0.3 is 6.18 Å². The summed E-state index contributed by atoms with van der Waals surface area (Å²) >= 11 is 1.68. The zero-order valence-corrected chi connectivity index (χ0v) is 8.85. The van der Waals surface area contributed by atoms with Crippen LogP contribution >= 0.6 is 22.6 Å². The van der Waals surface area contributed by atoms with Crippen LogP contribution in [-0.4, -0.2) is 16.9 Å². The summed E-state index contributed by atoms with van der Waals surface area (Å²) in [5.74, 6) is -0.278. The van der Waals surface area contributed by atoms with Crippen LogP contribution in [0, 0.1) is 8.98 Å². The molecule has 0 atom stereocenters. The van der Waals surface area contributed by atoms with E-state index in [9.17, 15) is 13.2 Å². The average Bonchev–Trinajstić information content (AvgIpc) is 2.01. The molecule has 0 radical (unpaired) electrons. The number of nitrogen functional groups attached to an aromatic ring is 1. The number of hydrogen-bond acceptors (Lipinski definition) is 3. The monoisotopic (exact) mass is 315 g/mol. The zero-order chi connectivity index (χ0) is 10.9. The SMILES string of the molecule is N=C(c1c(I)ccnc1N)C(F)(F)F. The molecule has 0 aliphatic carbocycles. The lowest BCUT2D eigenvalue weighted by molar-refractivity contribution is -0.0587. The molecule has 3 nitrogen and oxygen atoms in total. The second kappa shape index (κ2) is 3.71. The van der Waals surface area contributed by atoms with Crippen molar-refractivity contribution < 1.29 is 13.2 Å². The summed E-state index contributed by atoms with van der Waals surface area (Å²) in [4.78, 5) is 3.51. The Morgan fingerprint density at radius 2 is 2.07 bits per heavy atom. The molecule has 1 heterocycles. The number of nitrogens with one attached hydrogen (secondary N) is 1. The molecular formula is C7H5F3IN3. The van der Waals surface area contributed by atoms with Crippen molar-refractivity contribution in [2.75, 3.05) is 5.73 Å². The quantitative estimate of drug-likeness (QED) is 0.616. The number of hydrogen-bond donors (Lipinski definition) is 2. The molecule has 0 fully saturated rings. The summed E-state index contributed by atoms with van der Waals surface area (Å²) in [5.41, 5.74) is 3.44. The number of nitrogens with two attached hydrogens (primary N) is 1. The van der Waals surface area contributed by atoms with Gasteiger partial charge in [0.05, 0.1) is 5.56 Å². The lowest BCUT2D eigenvalue weighted by atomic mass is 10.1. The van der Waals surface area contributed by atoms with Crippen LogP contribution in [0.5, 0.6) is 0 Å². The topological polar surface area (TPSA) is 62.8 Å². The second-order valence-electron chi connectivity index (χ2n) is 2.43. The second-order valence-corrected chi connectivity index (χ2v) is 3.59. The summed E-state index contributed by atoms with van der Waals surface area (Å²) in [6.45, 7) is 0. The van der Waals surface area contributed by atoms with E-state index in [-0.39, 0.29) is 15.0 Å². The highest BCUT2D eigenvalue weighted by molar-refractivity contribution is 14.1. The van der Waals surface area contributed by atoms with Gasteiger partial charge in [-0.05, 0) is 28.7 Å². The molecule has 76 valence electrons. The molecule has 0 bridgehead atoms. The molecule has 0 unspecified atom stereocenters. The number of alkyl halides is 3. The van der Waals surface area contributed by atoms with Crippen LogP contribution in [0.2, 0.25) is 0 Å². The number of pyridine rings is 1. The van der Waals surface area contributed by atoms with Gasteiger partial charge < -0.3 is 5.73 Å². The summed E-state index contributed by atoms with van der Waals surface area (Å²) in [7, 11) is 0. The van der Waals surface area contributed by atoms with Crippen molar-refractivity contribution in [1.82, 2.24) is 4.98 Å². The van der Waals surface area contributed by atoms with Crippen molar-refractivity contribution in [3.63, 3.8) is 0 Å². The maximum Gasteiger partial charge on any atom is 0.433 e. The van der Waals surface area contributed by atoms with E-state index in [0.717, 1.165) is 0 Å². The molecule has 0 aliphatic heterocycles. The van der Waals surface area contributed by atoms with Crippen molar-refractivity contribution >= 4 is 34.1 Å². The van der Waals surface area contributed by atoms with Crippen LogP contribution < -0.4 is 5.73 Å². The van der Waals surface area contributed by atoms with Crippen molar-refractivity contribution in [3.8, 4) is 0 Å². The average molecular weight is 315 g/mol. The molecular weight excluding hydrogens is 310 g/mol.